The molecule has 0 spiro atoms. The smallest absolute Gasteiger partial charge is 0.262 e. The molecule has 3 aromatic rings. The maximum absolute atomic E-state index is 12.8. The van der Waals surface area contributed by atoms with Crippen molar-refractivity contribution in [2.75, 3.05) is 11.8 Å². The highest BCUT2D eigenvalue weighted by molar-refractivity contribution is 7.92. The molecule has 0 saturated heterocycles. The zero-order valence-corrected chi connectivity index (χ0v) is 15.0. The van der Waals surface area contributed by atoms with Crippen molar-refractivity contribution in [2.24, 2.45) is 0 Å². The van der Waals surface area contributed by atoms with Crippen LogP contribution < -0.4 is 9.46 Å². The van der Waals surface area contributed by atoms with Gasteiger partial charge in [-0.2, -0.15) is 0 Å². The zero-order valence-electron chi connectivity index (χ0n) is 14.2. The summed E-state index contributed by atoms with van der Waals surface area (Å²) < 4.78 is 33.4. The van der Waals surface area contributed by atoms with Gasteiger partial charge in [0.25, 0.3) is 10.0 Å². The van der Waals surface area contributed by atoms with Gasteiger partial charge in [-0.1, -0.05) is 12.1 Å². The van der Waals surface area contributed by atoms with Crippen molar-refractivity contribution in [2.45, 2.75) is 18.7 Å². The van der Waals surface area contributed by atoms with E-state index in [1.54, 1.807) is 57.7 Å². The maximum atomic E-state index is 12.8. The third-order valence-corrected chi connectivity index (χ3v) is 5.57. The van der Waals surface area contributed by atoms with Gasteiger partial charge in [0.05, 0.1) is 30.2 Å². The molecule has 1 aromatic heterocycles. The quantitative estimate of drug-likeness (QED) is 0.732. The van der Waals surface area contributed by atoms with Gasteiger partial charge >= 0.3 is 0 Å². The Kier molecular flexibility index (Phi) is 4.50. The molecule has 2 N–H and O–H groups in total. The first-order valence-corrected chi connectivity index (χ1v) is 9.16. The summed E-state index contributed by atoms with van der Waals surface area (Å²) in [5.41, 5.74) is 3.57. The van der Waals surface area contributed by atoms with Gasteiger partial charge in [0.1, 0.15) is 5.75 Å². The van der Waals surface area contributed by atoms with E-state index in [4.69, 9.17) is 4.74 Å². The van der Waals surface area contributed by atoms with E-state index in [1.165, 1.54) is 0 Å². The molecule has 2 aromatic carbocycles. The Bertz CT molecular complexity index is 956. The topological polar surface area (TPSA) is 84.1 Å². The molecule has 0 atom stereocenters. The van der Waals surface area contributed by atoms with Crippen LogP contribution in [0.4, 0.5) is 5.69 Å². The Morgan fingerprint density at radius 1 is 1.08 bits per heavy atom. The van der Waals surface area contributed by atoms with Gasteiger partial charge in [0.2, 0.25) is 0 Å². The van der Waals surface area contributed by atoms with E-state index in [2.05, 4.69) is 14.7 Å². The fourth-order valence-corrected chi connectivity index (χ4v) is 4.30. The Balaban J connectivity index is 1.89. The maximum Gasteiger partial charge on any atom is 0.262 e. The predicted molar refractivity (Wildman–Crippen MR) is 97.3 cm³/mol. The van der Waals surface area contributed by atoms with Crippen molar-refractivity contribution in [3.63, 3.8) is 0 Å². The third kappa shape index (κ3) is 3.51. The Morgan fingerprint density at radius 2 is 1.72 bits per heavy atom. The van der Waals surface area contributed by atoms with Crippen LogP contribution in [0.2, 0.25) is 0 Å². The van der Waals surface area contributed by atoms with Gasteiger partial charge in [0, 0.05) is 5.69 Å². The number of aromatic nitrogens is 2. The monoisotopic (exact) mass is 357 g/mol. The highest BCUT2D eigenvalue weighted by atomic mass is 32.2. The second-order valence-electron chi connectivity index (χ2n) is 5.74. The van der Waals surface area contributed by atoms with E-state index in [-0.39, 0.29) is 4.90 Å². The van der Waals surface area contributed by atoms with Crippen LogP contribution in [0, 0.1) is 13.8 Å². The number of aryl methyl sites for hydroxylation is 2. The van der Waals surface area contributed by atoms with Crippen LogP contribution in [0.15, 0.2) is 53.8 Å². The predicted octanol–water partition coefficient (Wildman–Crippen LogP) is 3.50. The van der Waals surface area contributed by atoms with Crippen LogP contribution in [0.1, 0.15) is 11.1 Å². The molecule has 3 rings (SSSR count). The number of rotatable bonds is 5. The molecular formula is C18H19N3O3S. The highest BCUT2D eigenvalue weighted by Gasteiger charge is 2.20. The largest absolute Gasteiger partial charge is 0.497 e. The molecule has 25 heavy (non-hydrogen) atoms. The molecule has 0 amide bonds. The summed E-state index contributed by atoms with van der Waals surface area (Å²) in [7, 11) is -2.13. The number of sulfonamides is 1. The van der Waals surface area contributed by atoms with E-state index in [9.17, 15) is 8.42 Å². The zero-order chi connectivity index (χ0) is 18.0. The van der Waals surface area contributed by atoms with Crippen LogP contribution >= 0.6 is 0 Å². The lowest BCUT2D eigenvalue weighted by atomic mass is 10.1. The summed E-state index contributed by atoms with van der Waals surface area (Å²) in [6, 6.07) is 10.5. The molecule has 0 aliphatic rings. The summed E-state index contributed by atoms with van der Waals surface area (Å²) >= 11 is 0. The molecule has 0 aliphatic heterocycles. The molecule has 0 saturated carbocycles. The van der Waals surface area contributed by atoms with Crippen LogP contribution in [0.5, 0.6) is 5.75 Å². The summed E-state index contributed by atoms with van der Waals surface area (Å²) in [5, 5.41) is 0. The molecule has 7 heteroatoms. The van der Waals surface area contributed by atoms with Gasteiger partial charge in [-0.05, 0) is 54.8 Å². The van der Waals surface area contributed by atoms with E-state index in [0.717, 1.165) is 11.3 Å². The standard InChI is InChI=1S/C18H19N3O3S/c1-12-8-16(24-3)9-13(2)18(12)25(22,23)21-15-6-4-14(5-7-15)17-10-19-11-20-17/h4-11,21H,1-3H3,(H,19,20). The van der Waals surface area contributed by atoms with E-state index in [1.807, 2.05) is 12.1 Å². The van der Waals surface area contributed by atoms with E-state index in [0.29, 0.717) is 22.6 Å². The Morgan fingerprint density at radius 3 is 2.24 bits per heavy atom. The molecule has 0 aliphatic carbocycles. The van der Waals surface area contributed by atoms with Crippen LogP contribution in [-0.2, 0) is 10.0 Å². The minimum atomic E-state index is -3.69. The van der Waals surface area contributed by atoms with Gasteiger partial charge < -0.3 is 9.72 Å². The summed E-state index contributed by atoms with van der Waals surface area (Å²) in [5.74, 6) is 0.637. The molecule has 130 valence electrons. The highest BCUT2D eigenvalue weighted by Crippen LogP contribution is 2.28. The number of methoxy groups -OCH3 is 1. The lowest BCUT2D eigenvalue weighted by molar-refractivity contribution is 0.413. The van der Waals surface area contributed by atoms with E-state index < -0.39 is 10.0 Å². The minimum absolute atomic E-state index is 0.269. The van der Waals surface area contributed by atoms with Gasteiger partial charge in [-0.25, -0.2) is 13.4 Å². The van der Waals surface area contributed by atoms with Crippen LogP contribution in [0.25, 0.3) is 11.3 Å². The number of benzene rings is 2. The average Bonchev–Trinajstić information content (AvgIpc) is 3.08. The lowest BCUT2D eigenvalue weighted by Gasteiger charge is -2.14. The summed E-state index contributed by atoms with van der Waals surface area (Å²) in [4.78, 5) is 7.26. The third-order valence-electron chi connectivity index (χ3n) is 3.88. The number of anilines is 1. The molecular weight excluding hydrogens is 338 g/mol. The molecule has 1 heterocycles. The summed E-state index contributed by atoms with van der Waals surface area (Å²) in [6.07, 6.45) is 3.31. The van der Waals surface area contributed by atoms with Crippen LogP contribution in [0.3, 0.4) is 0 Å². The lowest BCUT2D eigenvalue weighted by Crippen LogP contribution is -2.15. The SMILES string of the molecule is COc1cc(C)c(S(=O)(=O)Nc2ccc(-c3cnc[nH]3)cc2)c(C)c1. The normalized spacial score (nSPS) is 11.3. The van der Waals surface area contributed by atoms with Gasteiger partial charge in [-0.3, -0.25) is 4.72 Å². The fraction of sp³-hybridized carbons (Fsp3) is 0.167. The number of hydrogen-bond acceptors (Lipinski definition) is 4. The summed E-state index contributed by atoms with van der Waals surface area (Å²) in [6.45, 7) is 3.51. The molecule has 0 radical (unpaired) electrons. The van der Waals surface area contributed by atoms with Crippen molar-refractivity contribution >= 4 is 15.7 Å². The first-order chi connectivity index (χ1) is 11.9. The van der Waals surface area contributed by atoms with Crippen molar-refractivity contribution < 1.29 is 13.2 Å². The van der Waals surface area contributed by atoms with Crippen molar-refractivity contribution in [3.8, 4) is 17.0 Å². The van der Waals surface area contributed by atoms with E-state index >= 15 is 0 Å². The number of nitrogens with one attached hydrogen (secondary N) is 2. The second-order valence-corrected chi connectivity index (χ2v) is 7.36. The molecule has 0 bridgehead atoms. The fourth-order valence-electron chi connectivity index (χ4n) is 2.79. The van der Waals surface area contributed by atoms with Crippen molar-refractivity contribution in [1.29, 1.82) is 0 Å². The second kappa shape index (κ2) is 6.60. The molecule has 6 nitrogen and oxygen atoms in total. The average molecular weight is 357 g/mol. The number of imidazole rings is 1. The Hall–Kier alpha value is -2.80. The Labute approximate surface area is 146 Å². The number of aromatic amines is 1. The number of H-pyrrole nitrogens is 1. The number of hydrogen-bond donors (Lipinski definition) is 2. The van der Waals surface area contributed by atoms with Gasteiger partial charge in [0.15, 0.2) is 0 Å². The first-order valence-electron chi connectivity index (χ1n) is 7.67. The van der Waals surface area contributed by atoms with Crippen LogP contribution in [-0.4, -0.2) is 25.5 Å². The van der Waals surface area contributed by atoms with Gasteiger partial charge in [-0.15, -0.1) is 0 Å². The first kappa shape index (κ1) is 17.0. The molecule has 0 unspecified atom stereocenters. The number of nitrogens with zero attached hydrogens (tertiary/aromatic N) is 1. The number of ether oxygens (including phenoxy) is 1. The molecule has 0 fully saturated rings. The minimum Gasteiger partial charge on any atom is -0.497 e. The van der Waals surface area contributed by atoms with Crippen molar-refractivity contribution in [3.05, 3.63) is 60.0 Å². The van der Waals surface area contributed by atoms with Crippen molar-refractivity contribution in [1.82, 2.24) is 9.97 Å².